The second-order valence-corrected chi connectivity index (χ2v) is 5.57. The van der Waals surface area contributed by atoms with Gasteiger partial charge in [-0.2, -0.15) is 0 Å². The Balaban J connectivity index is 2.09. The summed E-state index contributed by atoms with van der Waals surface area (Å²) in [5.74, 6) is 1.06. The molecule has 20 heavy (non-hydrogen) atoms. The molecule has 0 saturated carbocycles. The van der Waals surface area contributed by atoms with Gasteiger partial charge in [-0.05, 0) is 18.9 Å². The molecule has 0 spiro atoms. The third-order valence-corrected chi connectivity index (χ3v) is 3.48. The van der Waals surface area contributed by atoms with Gasteiger partial charge in [0.25, 0.3) is 0 Å². The molecule has 2 rings (SSSR count). The normalized spacial score (nSPS) is 11.2. The van der Waals surface area contributed by atoms with E-state index in [-0.39, 0.29) is 0 Å². The Morgan fingerprint density at radius 1 is 1.20 bits per heavy atom. The van der Waals surface area contributed by atoms with Gasteiger partial charge in [0.15, 0.2) is 0 Å². The number of aryl methyl sites for hydroxylation is 2. The highest BCUT2D eigenvalue weighted by Gasteiger charge is 2.08. The van der Waals surface area contributed by atoms with Crippen molar-refractivity contribution in [1.82, 2.24) is 15.3 Å². The summed E-state index contributed by atoms with van der Waals surface area (Å²) in [6.07, 6.45) is 2.01. The summed E-state index contributed by atoms with van der Waals surface area (Å²) in [6.45, 7) is 9.55. The van der Waals surface area contributed by atoms with E-state index in [2.05, 4.69) is 62.3 Å². The van der Waals surface area contributed by atoms with Crippen molar-refractivity contribution in [3.63, 3.8) is 0 Å². The van der Waals surface area contributed by atoms with Gasteiger partial charge in [0.2, 0.25) is 0 Å². The molecule has 0 aliphatic heterocycles. The van der Waals surface area contributed by atoms with Gasteiger partial charge in [-0.25, -0.2) is 4.98 Å². The number of imidazole rings is 1. The molecule has 1 aromatic carbocycles. The maximum atomic E-state index is 4.74. The molecule has 0 amide bonds. The third-order valence-electron chi connectivity index (χ3n) is 3.48. The maximum absolute atomic E-state index is 4.74. The summed E-state index contributed by atoms with van der Waals surface area (Å²) in [6, 6.07) is 9.22. The lowest BCUT2D eigenvalue weighted by Gasteiger charge is -2.05. The number of rotatable bonds is 6. The van der Waals surface area contributed by atoms with Crippen LogP contribution in [0.2, 0.25) is 0 Å². The molecule has 0 radical (unpaired) electrons. The Morgan fingerprint density at radius 3 is 2.50 bits per heavy atom. The standard InChI is InChI=1S/C17H25N3/c1-5-14-6-8-15(9-7-14)17-13(4)19-16(20-17)10-11-18-12(2)3/h6-9,12,18H,5,10-11H2,1-4H3,(H,19,20). The Bertz CT molecular complexity index is 538. The summed E-state index contributed by atoms with van der Waals surface area (Å²) in [4.78, 5) is 8.13. The minimum atomic E-state index is 0.520. The smallest absolute Gasteiger partial charge is 0.108 e. The molecule has 3 nitrogen and oxygen atoms in total. The number of hydrogen-bond acceptors (Lipinski definition) is 2. The van der Waals surface area contributed by atoms with Gasteiger partial charge >= 0.3 is 0 Å². The van der Waals surface area contributed by atoms with Crippen LogP contribution >= 0.6 is 0 Å². The predicted molar refractivity (Wildman–Crippen MR) is 85.0 cm³/mol. The minimum absolute atomic E-state index is 0.520. The lowest BCUT2D eigenvalue weighted by atomic mass is 10.1. The fourth-order valence-electron chi connectivity index (χ4n) is 2.30. The first-order valence-electron chi connectivity index (χ1n) is 7.48. The molecule has 3 heteroatoms. The number of H-pyrrole nitrogens is 1. The van der Waals surface area contributed by atoms with Crippen molar-refractivity contribution in [2.75, 3.05) is 6.54 Å². The minimum Gasteiger partial charge on any atom is -0.346 e. The molecule has 0 bridgehead atoms. The van der Waals surface area contributed by atoms with Gasteiger partial charge in [0.05, 0.1) is 5.69 Å². The van der Waals surface area contributed by atoms with E-state index in [1.807, 2.05) is 0 Å². The van der Waals surface area contributed by atoms with Crippen LogP contribution in [0.3, 0.4) is 0 Å². The monoisotopic (exact) mass is 271 g/mol. The highest BCUT2D eigenvalue weighted by Crippen LogP contribution is 2.21. The van der Waals surface area contributed by atoms with Crippen molar-refractivity contribution >= 4 is 0 Å². The molecular formula is C17H25N3. The van der Waals surface area contributed by atoms with Gasteiger partial charge in [-0.3, -0.25) is 0 Å². The lowest BCUT2D eigenvalue weighted by Crippen LogP contribution is -2.25. The molecule has 0 aliphatic rings. The first-order chi connectivity index (χ1) is 9.60. The Morgan fingerprint density at radius 2 is 1.90 bits per heavy atom. The predicted octanol–water partition coefficient (Wildman–Crippen LogP) is 3.49. The van der Waals surface area contributed by atoms with Crippen molar-refractivity contribution in [3.8, 4) is 11.3 Å². The first kappa shape index (κ1) is 14.8. The second-order valence-electron chi connectivity index (χ2n) is 5.57. The Hall–Kier alpha value is -1.61. The molecule has 1 aromatic heterocycles. The molecule has 0 aliphatic carbocycles. The van der Waals surface area contributed by atoms with Gasteiger partial charge in [0.1, 0.15) is 5.82 Å². The summed E-state index contributed by atoms with van der Waals surface area (Å²) in [5.41, 5.74) is 4.78. The topological polar surface area (TPSA) is 40.7 Å². The van der Waals surface area contributed by atoms with E-state index in [0.29, 0.717) is 6.04 Å². The van der Waals surface area contributed by atoms with Crippen LogP contribution in [0.15, 0.2) is 24.3 Å². The highest BCUT2D eigenvalue weighted by molar-refractivity contribution is 5.62. The molecule has 0 fully saturated rings. The Kier molecular flexibility index (Phi) is 4.96. The molecule has 0 saturated heterocycles. The van der Waals surface area contributed by atoms with Crippen LogP contribution in [0.5, 0.6) is 0 Å². The van der Waals surface area contributed by atoms with Crippen molar-refractivity contribution in [3.05, 3.63) is 41.3 Å². The number of aromatic amines is 1. The number of nitrogens with one attached hydrogen (secondary N) is 2. The van der Waals surface area contributed by atoms with Crippen LogP contribution in [-0.4, -0.2) is 22.6 Å². The van der Waals surface area contributed by atoms with Crippen LogP contribution in [0, 0.1) is 6.92 Å². The highest BCUT2D eigenvalue weighted by atomic mass is 15.0. The van der Waals surface area contributed by atoms with Crippen molar-refractivity contribution in [1.29, 1.82) is 0 Å². The second kappa shape index (κ2) is 6.71. The number of nitrogens with zero attached hydrogens (tertiary/aromatic N) is 1. The van der Waals surface area contributed by atoms with E-state index in [4.69, 9.17) is 4.98 Å². The zero-order chi connectivity index (χ0) is 14.5. The third kappa shape index (κ3) is 3.70. The van der Waals surface area contributed by atoms with Crippen LogP contribution in [0.1, 0.15) is 37.9 Å². The summed E-state index contributed by atoms with van der Waals surface area (Å²) >= 11 is 0. The lowest BCUT2D eigenvalue weighted by molar-refractivity contribution is 0.584. The molecule has 108 valence electrons. The molecular weight excluding hydrogens is 246 g/mol. The van der Waals surface area contributed by atoms with E-state index in [9.17, 15) is 0 Å². The van der Waals surface area contributed by atoms with Crippen LogP contribution < -0.4 is 5.32 Å². The van der Waals surface area contributed by atoms with Gasteiger partial charge in [0, 0.05) is 30.3 Å². The van der Waals surface area contributed by atoms with E-state index in [1.54, 1.807) is 0 Å². The van der Waals surface area contributed by atoms with Crippen LogP contribution in [0.25, 0.3) is 11.3 Å². The van der Waals surface area contributed by atoms with E-state index < -0.39 is 0 Å². The van der Waals surface area contributed by atoms with Gasteiger partial charge in [-0.1, -0.05) is 45.0 Å². The fourth-order valence-corrected chi connectivity index (χ4v) is 2.30. The number of aromatic nitrogens is 2. The Labute approximate surface area is 121 Å². The SMILES string of the molecule is CCc1ccc(-c2nc(CCNC(C)C)[nH]c2C)cc1. The number of hydrogen-bond donors (Lipinski definition) is 2. The molecule has 0 atom stereocenters. The maximum Gasteiger partial charge on any atom is 0.108 e. The van der Waals surface area contributed by atoms with E-state index >= 15 is 0 Å². The van der Waals surface area contributed by atoms with Crippen LogP contribution in [-0.2, 0) is 12.8 Å². The molecule has 0 unspecified atom stereocenters. The molecule has 2 N–H and O–H groups in total. The summed E-state index contributed by atoms with van der Waals surface area (Å²) in [5, 5.41) is 3.42. The first-order valence-corrected chi connectivity index (χ1v) is 7.48. The average molecular weight is 271 g/mol. The largest absolute Gasteiger partial charge is 0.346 e. The fraction of sp³-hybridized carbons (Fsp3) is 0.471. The van der Waals surface area contributed by atoms with E-state index in [1.165, 1.54) is 11.1 Å². The van der Waals surface area contributed by atoms with Gasteiger partial charge < -0.3 is 10.3 Å². The summed E-state index contributed by atoms with van der Waals surface area (Å²) in [7, 11) is 0. The van der Waals surface area contributed by atoms with Crippen molar-refractivity contribution < 1.29 is 0 Å². The quantitative estimate of drug-likeness (QED) is 0.844. The average Bonchev–Trinajstić information content (AvgIpc) is 2.79. The van der Waals surface area contributed by atoms with Crippen molar-refractivity contribution in [2.45, 2.75) is 46.6 Å². The van der Waals surface area contributed by atoms with Crippen LogP contribution in [0.4, 0.5) is 0 Å². The number of benzene rings is 1. The zero-order valence-corrected chi connectivity index (χ0v) is 13.0. The van der Waals surface area contributed by atoms with E-state index in [0.717, 1.165) is 36.6 Å². The van der Waals surface area contributed by atoms with Gasteiger partial charge in [-0.15, -0.1) is 0 Å². The van der Waals surface area contributed by atoms with Crippen molar-refractivity contribution in [2.24, 2.45) is 0 Å². The summed E-state index contributed by atoms with van der Waals surface area (Å²) < 4.78 is 0. The zero-order valence-electron chi connectivity index (χ0n) is 13.0. The molecule has 2 aromatic rings. The molecule has 1 heterocycles.